The molecule has 0 aliphatic carbocycles. The Bertz CT molecular complexity index is 939. The van der Waals surface area contributed by atoms with Gasteiger partial charge in [0, 0.05) is 22.1 Å². The van der Waals surface area contributed by atoms with Crippen LogP contribution in [0.2, 0.25) is 5.02 Å². The Hall–Kier alpha value is -3.12. The van der Waals surface area contributed by atoms with Gasteiger partial charge in [-0.25, -0.2) is 9.97 Å². The van der Waals surface area contributed by atoms with Crippen molar-refractivity contribution in [1.29, 1.82) is 0 Å². The van der Waals surface area contributed by atoms with E-state index >= 15 is 0 Å². The lowest BCUT2D eigenvalue weighted by molar-refractivity contribution is -0.122. The summed E-state index contributed by atoms with van der Waals surface area (Å²) in [4.78, 5) is 20.8. The van der Waals surface area contributed by atoms with Gasteiger partial charge in [0.25, 0.3) is 5.91 Å². The van der Waals surface area contributed by atoms with Crippen LogP contribution in [0.3, 0.4) is 0 Å². The predicted molar refractivity (Wildman–Crippen MR) is 108 cm³/mol. The quantitative estimate of drug-likeness (QED) is 0.637. The van der Waals surface area contributed by atoms with Crippen molar-refractivity contribution < 1.29 is 14.3 Å². The van der Waals surface area contributed by atoms with Gasteiger partial charge in [0.15, 0.2) is 6.10 Å². The molecule has 0 bridgehead atoms. The van der Waals surface area contributed by atoms with Crippen LogP contribution in [0.1, 0.15) is 18.3 Å². The zero-order valence-corrected chi connectivity index (χ0v) is 16.5. The first-order chi connectivity index (χ1) is 13.4. The van der Waals surface area contributed by atoms with Gasteiger partial charge < -0.3 is 14.8 Å². The van der Waals surface area contributed by atoms with E-state index in [0.29, 0.717) is 28.2 Å². The second-order valence-corrected chi connectivity index (χ2v) is 6.70. The molecule has 3 aromatic rings. The summed E-state index contributed by atoms with van der Waals surface area (Å²) >= 11 is 5.84. The summed E-state index contributed by atoms with van der Waals surface area (Å²) in [6.45, 7) is 5.44. The van der Waals surface area contributed by atoms with E-state index in [0.717, 1.165) is 11.4 Å². The lowest BCUT2D eigenvalue weighted by atomic mass is 10.2. The number of benzene rings is 2. The number of hydrogen-bond donors (Lipinski definition) is 1. The van der Waals surface area contributed by atoms with Gasteiger partial charge in [0.1, 0.15) is 11.5 Å². The van der Waals surface area contributed by atoms with E-state index in [-0.39, 0.29) is 5.91 Å². The van der Waals surface area contributed by atoms with Gasteiger partial charge in [0.05, 0.1) is 0 Å². The van der Waals surface area contributed by atoms with Crippen LogP contribution in [0.15, 0.2) is 54.6 Å². The number of amides is 1. The zero-order chi connectivity index (χ0) is 20.1. The highest BCUT2D eigenvalue weighted by Crippen LogP contribution is 2.21. The largest absolute Gasteiger partial charge is 0.481 e. The molecule has 1 N–H and O–H groups in total. The third-order valence-corrected chi connectivity index (χ3v) is 4.04. The molecule has 1 aromatic heterocycles. The Morgan fingerprint density at radius 1 is 0.964 bits per heavy atom. The minimum atomic E-state index is -0.666. The molecule has 0 radical (unpaired) electrons. The predicted octanol–water partition coefficient (Wildman–Crippen LogP) is 4.95. The van der Waals surface area contributed by atoms with Crippen molar-refractivity contribution in [2.24, 2.45) is 0 Å². The van der Waals surface area contributed by atoms with E-state index in [2.05, 4.69) is 15.3 Å². The Labute approximate surface area is 168 Å². The average Bonchev–Trinajstić information content (AvgIpc) is 2.64. The Kier molecular flexibility index (Phi) is 6.11. The third-order valence-electron chi connectivity index (χ3n) is 3.79. The van der Waals surface area contributed by atoms with Crippen LogP contribution in [0.5, 0.6) is 17.5 Å². The molecule has 144 valence electrons. The van der Waals surface area contributed by atoms with Gasteiger partial charge >= 0.3 is 6.01 Å². The third kappa shape index (κ3) is 5.44. The molecule has 0 saturated heterocycles. The van der Waals surface area contributed by atoms with Crippen molar-refractivity contribution >= 4 is 23.2 Å². The maximum atomic E-state index is 12.3. The van der Waals surface area contributed by atoms with Crippen LogP contribution in [0.4, 0.5) is 5.69 Å². The molecule has 2 aromatic carbocycles. The molecule has 1 amide bonds. The van der Waals surface area contributed by atoms with E-state index in [9.17, 15) is 4.79 Å². The summed E-state index contributed by atoms with van der Waals surface area (Å²) in [5.41, 5.74) is 2.30. The molecule has 1 heterocycles. The summed E-state index contributed by atoms with van der Waals surface area (Å²) < 4.78 is 11.3. The second kappa shape index (κ2) is 8.71. The van der Waals surface area contributed by atoms with Crippen LogP contribution in [0, 0.1) is 13.8 Å². The molecule has 28 heavy (non-hydrogen) atoms. The Morgan fingerprint density at radius 3 is 2.14 bits per heavy atom. The normalized spacial score (nSPS) is 11.6. The fourth-order valence-corrected chi connectivity index (χ4v) is 2.59. The molecule has 0 fully saturated rings. The smallest absolute Gasteiger partial charge is 0.322 e. The monoisotopic (exact) mass is 397 g/mol. The number of ether oxygens (including phenoxy) is 2. The van der Waals surface area contributed by atoms with Gasteiger partial charge in [-0.05, 0) is 75.4 Å². The molecule has 1 unspecified atom stereocenters. The highest BCUT2D eigenvalue weighted by atomic mass is 35.5. The van der Waals surface area contributed by atoms with Crippen LogP contribution >= 0.6 is 11.6 Å². The number of anilines is 1. The molecular weight excluding hydrogens is 378 g/mol. The lowest BCUT2D eigenvalue weighted by Gasteiger charge is -2.15. The number of nitrogens with zero attached hydrogens (tertiary/aromatic N) is 2. The van der Waals surface area contributed by atoms with E-state index in [4.69, 9.17) is 21.1 Å². The van der Waals surface area contributed by atoms with Crippen molar-refractivity contribution in [3.63, 3.8) is 0 Å². The highest BCUT2D eigenvalue weighted by molar-refractivity contribution is 6.30. The van der Waals surface area contributed by atoms with Crippen molar-refractivity contribution in [1.82, 2.24) is 9.97 Å². The van der Waals surface area contributed by atoms with Gasteiger partial charge in [-0.15, -0.1) is 0 Å². The topological polar surface area (TPSA) is 73.3 Å². The van der Waals surface area contributed by atoms with Gasteiger partial charge in [0.2, 0.25) is 0 Å². The number of rotatable bonds is 6. The first-order valence-corrected chi connectivity index (χ1v) is 9.10. The van der Waals surface area contributed by atoms with E-state index in [1.165, 1.54) is 0 Å². The molecule has 7 heteroatoms. The zero-order valence-electron chi connectivity index (χ0n) is 15.8. The number of carbonyl (C=O) groups excluding carboxylic acids is 1. The molecule has 1 atom stereocenters. The van der Waals surface area contributed by atoms with Gasteiger partial charge in [-0.3, -0.25) is 4.79 Å². The molecular formula is C21H20ClN3O3. The summed E-state index contributed by atoms with van der Waals surface area (Å²) in [7, 11) is 0. The molecule has 0 aliphatic rings. The first-order valence-electron chi connectivity index (χ1n) is 8.72. The van der Waals surface area contributed by atoms with E-state index in [1.807, 2.05) is 19.9 Å². The van der Waals surface area contributed by atoms with E-state index in [1.54, 1.807) is 55.5 Å². The molecule has 3 rings (SSSR count). The molecule has 0 aliphatic heterocycles. The van der Waals surface area contributed by atoms with E-state index < -0.39 is 6.10 Å². The van der Waals surface area contributed by atoms with Crippen molar-refractivity contribution in [2.45, 2.75) is 26.9 Å². The van der Waals surface area contributed by atoms with Gasteiger partial charge in [-0.1, -0.05) is 11.6 Å². The molecule has 6 nitrogen and oxygen atoms in total. The second-order valence-electron chi connectivity index (χ2n) is 6.26. The van der Waals surface area contributed by atoms with Crippen LogP contribution < -0.4 is 14.8 Å². The lowest BCUT2D eigenvalue weighted by Crippen LogP contribution is -2.30. The fourth-order valence-electron chi connectivity index (χ4n) is 2.47. The van der Waals surface area contributed by atoms with Crippen LogP contribution in [0.25, 0.3) is 0 Å². The summed E-state index contributed by atoms with van der Waals surface area (Å²) in [5.74, 6) is 0.888. The highest BCUT2D eigenvalue weighted by Gasteiger charge is 2.15. The average molecular weight is 398 g/mol. The Morgan fingerprint density at radius 2 is 1.54 bits per heavy atom. The number of aryl methyl sites for hydroxylation is 2. The Balaban J connectivity index is 1.58. The summed E-state index contributed by atoms with van der Waals surface area (Å²) in [5, 5.41) is 3.42. The van der Waals surface area contributed by atoms with Gasteiger partial charge in [-0.2, -0.15) is 0 Å². The van der Waals surface area contributed by atoms with Crippen LogP contribution in [-0.4, -0.2) is 22.0 Å². The number of carbonyl (C=O) groups is 1. The standard InChI is InChI=1S/C21H20ClN3O3/c1-13-12-14(2)24-21(23-13)28-19-10-6-17(7-11-19)25-20(26)15(3)27-18-8-4-16(22)5-9-18/h4-12,15H,1-3H3,(H,25,26). The number of nitrogens with one attached hydrogen (secondary N) is 1. The SMILES string of the molecule is Cc1cc(C)nc(Oc2ccc(NC(=O)C(C)Oc3ccc(Cl)cc3)cc2)n1. The minimum Gasteiger partial charge on any atom is -0.481 e. The van der Waals surface area contributed by atoms with Crippen LogP contribution in [-0.2, 0) is 4.79 Å². The summed E-state index contributed by atoms with van der Waals surface area (Å²) in [6, 6.07) is 16.0. The number of aromatic nitrogens is 2. The maximum Gasteiger partial charge on any atom is 0.322 e. The maximum absolute atomic E-state index is 12.3. The van der Waals surface area contributed by atoms with Crippen molar-refractivity contribution in [2.75, 3.05) is 5.32 Å². The minimum absolute atomic E-state index is 0.263. The number of halogens is 1. The number of hydrogen-bond acceptors (Lipinski definition) is 5. The van der Waals surface area contributed by atoms with Crippen molar-refractivity contribution in [3.05, 3.63) is 71.0 Å². The molecule has 0 spiro atoms. The van der Waals surface area contributed by atoms with Crippen molar-refractivity contribution in [3.8, 4) is 17.5 Å². The summed E-state index contributed by atoms with van der Waals surface area (Å²) in [6.07, 6.45) is -0.666. The first kappa shape index (κ1) is 19.6. The molecule has 0 saturated carbocycles. The fraction of sp³-hybridized carbons (Fsp3) is 0.190.